The van der Waals surface area contributed by atoms with Gasteiger partial charge in [-0.3, -0.25) is 9.59 Å². The lowest BCUT2D eigenvalue weighted by Crippen LogP contribution is -2.44. The Morgan fingerprint density at radius 3 is 1.85 bits per heavy atom. The molecule has 4 nitrogen and oxygen atoms in total. The Morgan fingerprint density at radius 2 is 1.50 bits per heavy atom. The van der Waals surface area contributed by atoms with Crippen LogP contribution in [0.25, 0.3) is 0 Å². The van der Waals surface area contributed by atoms with Gasteiger partial charge in [0.2, 0.25) is 5.91 Å². The van der Waals surface area contributed by atoms with Crippen LogP contribution >= 0.6 is 0 Å². The van der Waals surface area contributed by atoms with E-state index in [2.05, 4.69) is 5.32 Å². The number of nitrogens with one attached hydrogen (secondary N) is 1. The Balaban J connectivity index is 3.25. The van der Waals surface area contributed by atoms with Crippen molar-refractivity contribution in [2.24, 2.45) is 5.73 Å². The number of hydrogen-bond donors (Lipinski definition) is 2. The second-order valence-electron chi connectivity index (χ2n) is 5.74. The molecular formula is C16H16F6N2O2. The van der Waals surface area contributed by atoms with Crippen molar-refractivity contribution < 1.29 is 35.9 Å². The molecule has 0 aliphatic rings. The van der Waals surface area contributed by atoms with Gasteiger partial charge in [-0.2, -0.15) is 26.3 Å². The summed E-state index contributed by atoms with van der Waals surface area (Å²) in [5.74, 6) is -2.24. The molecule has 26 heavy (non-hydrogen) atoms. The van der Waals surface area contributed by atoms with E-state index in [4.69, 9.17) is 5.73 Å². The molecule has 0 saturated carbocycles. The van der Waals surface area contributed by atoms with Crippen LogP contribution in [-0.4, -0.2) is 17.9 Å². The first-order valence-electron chi connectivity index (χ1n) is 7.25. The number of halogens is 6. The first-order chi connectivity index (χ1) is 11.7. The zero-order chi connectivity index (χ0) is 20.3. The summed E-state index contributed by atoms with van der Waals surface area (Å²) >= 11 is 0. The minimum atomic E-state index is -5.08. The highest BCUT2D eigenvalue weighted by Gasteiger charge is 2.37. The number of amides is 2. The Hall–Kier alpha value is -2.52. The van der Waals surface area contributed by atoms with Crippen LogP contribution < -0.4 is 11.1 Å². The third kappa shape index (κ3) is 6.08. The average Bonchev–Trinajstić information content (AvgIpc) is 2.48. The first-order valence-corrected chi connectivity index (χ1v) is 7.25. The summed E-state index contributed by atoms with van der Waals surface area (Å²) in [5.41, 5.74) is 1.75. The van der Waals surface area contributed by atoms with E-state index in [-0.39, 0.29) is 24.6 Å². The molecule has 0 aliphatic carbocycles. The van der Waals surface area contributed by atoms with Crippen LogP contribution in [0.1, 0.15) is 41.8 Å². The molecular weight excluding hydrogens is 366 g/mol. The van der Waals surface area contributed by atoms with Crippen molar-refractivity contribution in [3.05, 3.63) is 46.5 Å². The van der Waals surface area contributed by atoms with Crippen LogP contribution in [0.5, 0.6) is 0 Å². The van der Waals surface area contributed by atoms with E-state index in [1.807, 2.05) is 0 Å². The molecule has 1 rings (SSSR count). The standard InChI is InChI=1S/C16H16F6N2O2/c1-8(2)3-4-12(13(23)25)24-14(26)9-5-10(15(17,18)19)7-11(6-9)16(20,21)22/h3,5-7,12H,4H2,1-2H3,(H2,23,25)(H,24,26)/t12-/m0/s1. The number of allylic oxidation sites excluding steroid dienone is 1. The highest BCUT2D eigenvalue weighted by atomic mass is 19.4. The van der Waals surface area contributed by atoms with E-state index in [1.165, 1.54) is 0 Å². The second-order valence-corrected chi connectivity index (χ2v) is 5.74. The molecule has 0 spiro atoms. The fourth-order valence-electron chi connectivity index (χ4n) is 1.93. The molecule has 1 aromatic rings. The summed E-state index contributed by atoms with van der Waals surface area (Å²) in [5, 5.41) is 2.05. The summed E-state index contributed by atoms with van der Waals surface area (Å²) in [4.78, 5) is 23.4. The third-order valence-corrected chi connectivity index (χ3v) is 3.26. The zero-order valence-electron chi connectivity index (χ0n) is 13.8. The van der Waals surface area contributed by atoms with Gasteiger partial charge in [-0.15, -0.1) is 0 Å². The smallest absolute Gasteiger partial charge is 0.368 e. The Labute approximate surface area is 145 Å². The lowest BCUT2D eigenvalue weighted by molar-refractivity contribution is -0.143. The number of carbonyl (C=O) groups is 2. The van der Waals surface area contributed by atoms with E-state index in [0.29, 0.717) is 0 Å². The van der Waals surface area contributed by atoms with Crippen LogP contribution in [0.4, 0.5) is 26.3 Å². The summed E-state index contributed by atoms with van der Waals surface area (Å²) in [6.45, 7) is 3.39. The molecule has 10 heteroatoms. The van der Waals surface area contributed by atoms with Gasteiger partial charge in [-0.05, 0) is 38.5 Å². The first kappa shape index (κ1) is 21.5. The van der Waals surface area contributed by atoms with Crippen LogP contribution in [-0.2, 0) is 17.1 Å². The molecule has 2 amide bonds. The molecule has 1 aromatic carbocycles. The van der Waals surface area contributed by atoms with Gasteiger partial charge in [0.15, 0.2) is 0 Å². The summed E-state index contributed by atoms with van der Waals surface area (Å²) in [7, 11) is 0. The number of nitrogens with two attached hydrogens (primary N) is 1. The minimum absolute atomic E-state index is 0.0471. The van der Waals surface area contributed by atoms with Crippen molar-refractivity contribution in [3.63, 3.8) is 0 Å². The Kier molecular flexibility index (Phi) is 6.45. The third-order valence-electron chi connectivity index (χ3n) is 3.26. The van der Waals surface area contributed by atoms with Crippen LogP contribution in [0.15, 0.2) is 29.8 Å². The molecule has 3 N–H and O–H groups in total. The van der Waals surface area contributed by atoms with E-state index >= 15 is 0 Å². The van der Waals surface area contributed by atoms with Crippen LogP contribution in [0.3, 0.4) is 0 Å². The lowest BCUT2D eigenvalue weighted by atomic mass is 10.0. The molecule has 0 unspecified atom stereocenters. The van der Waals surface area contributed by atoms with Crippen molar-refractivity contribution in [2.75, 3.05) is 0 Å². The molecule has 0 fully saturated rings. The van der Waals surface area contributed by atoms with Crippen molar-refractivity contribution in [1.82, 2.24) is 5.32 Å². The quantitative estimate of drug-likeness (QED) is 0.603. The average molecular weight is 382 g/mol. The molecule has 0 bridgehead atoms. The summed E-state index contributed by atoms with van der Waals surface area (Å²) in [6, 6.07) is -0.806. The van der Waals surface area contributed by atoms with Gasteiger partial charge in [-0.25, -0.2) is 0 Å². The number of alkyl halides is 6. The van der Waals surface area contributed by atoms with Crippen molar-refractivity contribution in [2.45, 2.75) is 38.7 Å². The second kappa shape index (κ2) is 7.79. The van der Waals surface area contributed by atoms with Crippen molar-refractivity contribution >= 4 is 11.8 Å². The molecule has 0 aromatic heterocycles. The fraction of sp³-hybridized carbons (Fsp3) is 0.375. The zero-order valence-corrected chi connectivity index (χ0v) is 13.8. The van der Waals surface area contributed by atoms with Crippen molar-refractivity contribution in [3.8, 4) is 0 Å². The predicted molar refractivity (Wildman–Crippen MR) is 80.9 cm³/mol. The number of hydrogen-bond acceptors (Lipinski definition) is 2. The van der Waals surface area contributed by atoms with E-state index in [9.17, 15) is 35.9 Å². The Bertz CT molecular complexity index is 686. The van der Waals surface area contributed by atoms with E-state index in [1.54, 1.807) is 19.9 Å². The van der Waals surface area contributed by atoms with E-state index < -0.39 is 46.9 Å². The van der Waals surface area contributed by atoms with Gasteiger partial charge < -0.3 is 11.1 Å². The maximum atomic E-state index is 12.8. The highest BCUT2D eigenvalue weighted by molar-refractivity contribution is 5.97. The molecule has 1 atom stereocenters. The van der Waals surface area contributed by atoms with Crippen LogP contribution in [0.2, 0.25) is 0 Å². The monoisotopic (exact) mass is 382 g/mol. The van der Waals surface area contributed by atoms with Crippen molar-refractivity contribution in [1.29, 1.82) is 0 Å². The predicted octanol–water partition coefficient (Wildman–Crippen LogP) is 3.66. The molecule has 0 aliphatic heterocycles. The number of primary amides is 1. The molecule has 0 heterocycles. The summed E-state index contributed by atoms with van der Waals surface area (Å²) < 4.78 is 76.9. The summed E-state index contributed by atoms with van der Waals surface area (Å²) in [6.07, 6.45) is -8.67. The molecule has 0 radical (unpaired) electrons. The SMILES string of the molecule is CC(C)=CC[C@H](NC(=O)c1cc(C(F)(F)F)cc(C(F)(F)F)c1)C(N)=O. The van der Waals surface area contributed by atoms with Gasteiger partial charge in [-0.1, -0.05) is 11.6 Å². The van der Waals surface area contributed by atoms with E-state index in [0.717, 1.165) is 5.57 Å². The van der Waals surface area contributed by atoms with Crippen LogP contribution in [0, 0.1) is 0 Å². The maximum Gasteiger partial charge on any atom is 0.416 e. The fourth-order valence-corrected chi connectivity index (χ4v) is 1.93. The topological polar surface area (TPSA) is 72.2 Å². The van der Waals surface area contributed by atoms with Gasteiger partial charge in [0.05, 0.1) is 11.1 Å². The Morgan fingerprint density at radius 1 is 1.04 bits per heavy atom. The van der Waals surface area contributed by atoms with Gasteiger partial charge >= 0.3 is 12.4 Å². The molecule has 0 saturated heterocycles. The number of carbonyl (C=O) groups excluding carboxylic acids is 2. The molecule has 144 valence electrons. The normalized spacial score (nSPS) is 13.1. The highest BCUT2D eigenvalue weighted by Crippen LogP contribution is 2.36. The number of benzene rings is 1. The van der Waals surface area contributed by atoms with Gasteiger partial charge in [0, 0.05) is 5.56 Å². The largest absolute Gasteiger partial charge is 0.416 e. The lowest BCUT2D eigenvalue weighted by Gasteiger charge is -2.17. The number of rotatable bonds is 5. The van der Waals surface area contributed by atoms with Gasteiger partial charge in [0.25, 0.3) is 5.91 Å². The minimum Gasteiger partial charge on any atom is -0.368 e. The maximum absolute atomic E-state index is 12.8. The van der Waals surface area contributed by atoms with Gasteiger partial charge in [0.1, 0.15) is 6.04 Å².